The van der Waals surface area contributed by atoms with Crippen LogP contribution in [0.15, 0.2) is 18.2 Å². The zero-order valence-electron chi connectivity index (χ0n) is 11.1. The fraction of sp³-hybridized carbons (Fsp3) is 0.467. The summed E-state index contributed by atoms with van der Waals surface area (Å²) < 4.78 is 0. The second-order valence-electron chi connectivity index (χ2n) is 5.66. The van der Waals surface area contributed by atoms with Gasteiger partial charge in [0.15, 0.2) is 0 Å². The number of aromatic nitrogens is 2. The topological polar surface area (TPSA) is 71.8 Å². The maximum absolute atomic E-state index is 11.4. The van der Waals surface area contributed by atoms with Gasteiger partial charge in [0, 0.05) is 5.92 Å². The van der Waals surface area contributed by atoms with E-state index in [0.29, 0.717) is 17.0 Å². The largest absolute Gasteiger partial charge is 0.366 e. The van der Waals surface area contributed by atoms with Crippen molar-refractivity contribution in [3.63, 3.8) is 0 Å². The highest BCUT2D eigenvalue weighted by Gasteiger charge is 2.23. The van der Waals surface area contributed by atoms with E-state index in [-0.39, 0.29) is 0 Å². The van der Waals surface area contributed by atoms with E-state index in [1.807, 2.05) is 12.1 Å². The molecule has 1 heterocycles. The molecule has 0 aliphatic heterocycles. The molecular weight excluding hydrogens is 238 g/mol. The van der Waals surface area contributed by atoms with E-state index in [0.717, 1.165) is 17.3 Å². The predicted molar refractivity (Wildman–Crippen MR) is 75.0 cm³/mol. The number of para-hydroxylation sites is 1. The van der Waals surface area contributed by atoms with Gasteiger partial charge in [-0.05, 0) is 30.9 Å². The first kappa shape index (κ1) is 12.2. The first-order chi connectivity index (χ1) is 9.15. The van der Waals surface area contributed by atoms with E-state index in [2.05, 4.69) is 16.9 Å². The molecule has 1 aromatic carbocycles. The van der Waals surface area contributed by atoms with E-state index < -0.39 is 5.91 Å². The van der Waals surface area contributed by atoms with E-state index in [1.165, 1.54) is 25.7 Å². The van der Waals surface area contributed by atoms with Gasteiger partial charge in [0.25, 0.3) is 5.91 Å². The molecule has 0 saturated heterocycles. The van der Waals surface area contributed by atoms with Gasteiger partial charge in [-0.15, -0.1) is 0 Å². The normalized spacial score (nSPS) is 23.6. The van der Waals surface area contributed by atoms with Crippen molar-refractivity contribution in [1.29, 1.82) is 0 Å². The summed E-state index contributed by atoms with van der Waals surface area (Å²) in [4.78, 5) is 19.4. The first-order valence-corrected chi connectivity index (χ1v) is 6.93. The molecule has 0 radical (unpaired) electrons. The molecule has 100 valence electrons. The summed E-state index contributed by atoms with van der Waals surface area (Å²) in [6, 6.07) is 5.52. The Labute approximate surface area is 112 Å². The third-order valence-corrected chi connectivity index (χ3v) is 4.12. The van der Waals surface area contributed by atoms with Crippen LogP contribution in [-0.4, -0.2) is 15.9 Å². The number of amides is 1. The van der Waals surface area contributed by atoms with E-state index in [1.54, 1.807) is 6.07 Å². The van der Waals surface area contributed by atoms with Crippen molar-refractivity contribution in [2.45, 2.75) is 38.5 Å². The van der Waals surface area contributed by atoms with Gasteiger partial charge in [-0.2, -0.15) is 0 Å². The van der Waals surface area contributed by atoms with E-state index in [4.69, 9.17) is 5.73 Å². The summed E-state index contributed by atoms with van der Waals surface area (Å²) in [5.74, 6) is 1.83. The Hall–Kier alpha value is -1.84. The molecule has 1 amide bonds. The highest BCUT2D eigenvalue weighted by Crippen LogP contribution is 2.35. The number of nitrogens with two attached hydrogens (primary N) is 1. The van der Waals surface area contributed by atoms with Crippen molar-refractivity contribution in [2.24, 2.45) is 11.7 Å². The average Bonchev–Trinajstić information content (AvgIpc) is 2.82. The number of nitrogens with one attached hydrogen (secondary N) is 1. The molecule has 1 aliphatic rings. The number of H-pyrrole nitrogens is 1. The van der Waals surface area contributed by atoms with Crippen molar-refractivity contribution < 1.29 is 4.79 Å². The molecule has 1 aliphatic carbocycles. The minimum atomic E-state index is -0.416. The number of rotatable bonds is 2. The van der Waals surface area contributed by atoms with Crippen LogP contribution in [0.1, 0.15) is 54.7 Å². The predicted octanol–water partition coefficient (Wildman–Crippen LogP) is 2.96. The minimum Gasteiger partial charge on any atom is -0.366 e. The van der Waals surface area contributed by atoms with Crippen molar-refractivity contribution in [3.05, 3.63) is 29.6 Å². The summed E-state index contributed by atoms with van der Waals surface area (Å²) >= 11 is 0. The first-order valence-electron chi connectivity index (χ1n) is 6.93. The fourth-order valence-corrected chi connectivity index (χ4v) is 3.13. The average molecular weight is 257 g/mol. The summed E-state index contributed by atoms with van der Waals surface area (Å²) in [5.41, 5.74) is 7.52. The van der Waals surface area contributed by atoms with Gasteiger partial charge in [0.2, 0.25) is 0 Å². The van der Waals surface area contributed by atoms with Gasteiger partial charge in [-0.1, -0.05) is 25.8 Å². The molecule has 3 N–H and O–H groups in total. The zero-order valence-corrected chi connectivity index (χ0v) is 11.1. The van der Waals surface area contributed by atoms with Crippen LogP contribution in [0.5, 0.6) is 0 Å². The SMILES string of the molecule is CC1CCCC(c2nc3c(C(N)=O)cccc3[nH]2)C1. The van der Waals surface area contributed by atoms with Gasteiger partial charge < -0.3 is 10.7 Å². The lowest BCUT2D eigenvalue weighted by Crippen LogP contribution is -2.13. The molecule has 1 aromatic heterocycles. The third kappa shape index (κ3) is 2.23. The molecular formula is C15H19N3O. The van der Waals surface area contributed by atoms with Crippen LogP contribution >= 0.6 is 0 Å². The van der Waals surface area contributed by atoms with Crippen LogP contribution in [0.4, 0.5) is 0 Å². The Morgan fingerprint density at radius 2 is 2.26 bits per heavy atom. The summed E-state index contributed by atoms with van der Waals surface area (Å²) in [6.45, 7) is 2.30. The van der Waals surface area contributed by atoms with Crippen molar-refractivity contribution in [2.75, 3.05) is 0 Å². The fourth-order valence-electron chi connectivity index (χ4n) is 3.13. The van der Waals surface area contributed by atoms with Gasteiger partial charge in [-0.25, -0.2) is 4.98 Å². The number of primary amides is 1. The molecule has 0 spiro atoms. The lowest BCUT2D eigenvalue weighted by molar-refractivity contribution is 0.100. The highest BCUT2D eigenvalue weighted by molar-refractivity contribution is 6.04. The summed E-state index contributed by atoms with van der Waals surface area (Å²) in [6.07, 6.45) is 4.91. The Kier molecular flexibility index (Phi) is 3.01. The molecule has 1 saturated carbocycles. The van der Waals surface area contributed by atoms with Crippen LogP contribution in [-0.2, 0) is 0 Å². The van der Waals surface area contributed by atoms with Crippen LogP contribution in [0.25, 0.3) is 11.0 Å². The molecule has 0 bridgehead atoms. The Bertz CT molecular complexity index is 617. The zero-order chi connectivity index (χ0) is 13.4. The third-order valence-electron chi connectivity index (χ3n) is 4.12. The number of hydrogen-bond donors (Lipinski definition) is 2. The maximum Gasteiger partial charge on any atom is 0.250 e. The minimum absolute atomic E-state index is 0.416. The summed E-state index contributed by atoms with van der Waals surface area (Å²) in [5, 5.41) is 0. The van der Waals surface area contributed by atoms with E-state index in [9.17, 15) is 4.79 Å². The van der Waals surface area contributed by atoms with Crippen LogP contribution < -0.4 is 5.73 Å². The van der Waals surface area contributed by atoms with Crippen molar-refractivity contribution >= 4 is 16.9 Å². The number of carbonyl (C=O) groups is 1. The molecule has 2 atom stereocenters. The molecule has 3 rings (SSSR count). The lowest BCUT2D eigenvalue weighted by Gasteiger charge is -2.24. The quantitative estimate of drug-likeness (QED) is 0.868. The van der Waals surface area contributed by atoms with Crippen molar-refractivity contribution in [3.8, 4) is 0 Å². The number of imidazole rings is 1. The van der Waals surface area contributed by atoms with Gasteiger partial charge in [-0.3, -0.25) is 4.79 Å². The molecule has 4 heteroatoms. The van der Waals surface area contributed by atoms with Gasteiger partial charge >= 0.3 is 0 Å². The maximum atomic E-state index is 11.4. The molecule has 19 heavy (non-hydrogen) atoms. The smallest absolute Gasteiger partial charge is 0.250 e. The van der Waals surface area contributed by atoms with Crippen molar-refractivity contribution in [1.82, 2.24) is 9.97 Å². The van der Waals surface area contributed by atoms with Crippen LogP contribution in [0.2, 0.25) is 0 Å². The monoisotopic (exact) mass is 257 g/mol. The van der Waals surface area contributed by atoms with Crippen LogP contribution in [0.3, 0.4) is 0 Å². The second kappa shape index (κ2) is 4.68. The number of benzene rings is 1. The molecule has 2 unspecified atom stereocenters. The second-order valence-corrected chi connectivity index (χ2v) is 5.66. The lowest BCUT2D eigenvalue weighted by atomic mass is 9.82. The van der Waals surface area contributed by atoms with E-state index >= 15 is 0 Å². The van der Waals surface area contributed by atoms with Gasteiger partial charge in [0.1, 0.15) is 11.3 Å². The molecule has 1 fully saturated rings. The summed E-state index contributed by atoms with van der Waals surface area (Å²) in [7, 11) is 0. The standard InChI is InChI=1S/C15H19N3O/c1-9-4-2-5-10(8-9)15-17-12-7-3-6-11(14(16)19)13(12)18-15/h3,6-7,9-10H,2,4-5,8H2,1H3,(H2,16,19)(H,17,18). The molecule has 4 nitrogen and oxygen atoms in total. The Balaban J connectivity index is 2.01. The van der Waals surface area contributed by atoms with Gasteiger partial charge in [0.05, 0.1) is 11.1 Å². The molecule has 2 aromatic rings. The number of aromatic amines is 1. The highest BCUT2D eigenvalue weighted by atomic mass is 16.1. The Morgan fingerprint density at radius 3 is 3.00 bits per heavy atom. The number of nitrogens with zero attached hydrogens (tertiary/aromatic N) is 1. The van der Waals surface area contributed by atoms with Crippen LogP contribution in [0, 0.1) is 5.92 Å². The number of carbonyl (C=O) groups excluding carboxylic acids is 1. The number of fused-ring (bicyclic) bond motifs is 1. The number of hydrogen-bond acceptors (Lipinski definition) is 2. The Morgan fingerprint density at radius 1 is 1.42 bits per heavy atom.